The lowest BCUT2D eigenvalue weighted by atomic mass is 9.97. The number of methoxy groups -OCH3 is 1. The van der Waals surface area contributed by atoms with Crippen molar-refractivity contribution in [2.45, 2.75) is 56.9 Å². The number of esters is 3. The van der Waals surface area contributed by atoms with Crippen molar-refractivity contribution in [2.24, 2.45) is 0 Å². The summed E-state index contributed by atoms with van der Waals surface area (Å²) in [5.74, 6) is -1.97. The standard InChI is InChI=1S/C22H26ClNO9S/c1-11(25)30-18-16(33-22(29-4)20(32-13(3)27)19(18)31-12(2)26)9-24-17(28)10-34-21(24)14-7-5-6-8-15(14)23/h5-8,16,18-22H,9-10H2,1-4H3/t16-,18-,19+,20-,21+,22+/m1/s1. The molecule has 1 aromatic rings. The molecule has 10 nitrogen and oxygen atoms in total. The van der Waals surface area contributed by atoms with Crippen LogP contribution in [0, 0.1) is 0 Å². The monoisotopic (exact) mass is 515 g/mol. The third-order valence-electron chi connectivity index (χ3n) is 5.25. The van der Waals surface area contributed by atoms with Crippen molar-refractivity contribution in [3.8, 4) is 0 Å². The van der Waals surface area contributed by atoms with Crippen molar-refractivity contribution in [1.82, 2.24) is 4.90 Å². The Morgan fingerprint density at radius 1 is 1.03 bits per heavy atom. The number of amides is 1. The van der Waals surface area contributed by atoms with E-state index in [2.05, 4.69) is 0 Å². The van der Waals surface area contributed by atoms with Gasteiger partial charge in [0, 0.05) is 38.5 Å². The molecule has 0 bridgehead atoms. The molecule has 0 aliphatic carbocycles. The summed E-state index contributed by atoms with van der Waals surface area (Å²) in [5.41, 5.74) is 0.748. The molecule has 0 N–H and O–H groups in total. The quantitative estimate of drug-likeness (QED) is 0.394. The Morgan fingerprint density at radius 2 is 1.62 bits per heavy atom. The van der Waals surface area contributed by atoms with Gasteiger partial charge in [0.05, 0.1) is 12.3 Å². The molecule has 2 heterocycles. The summed E-state index contributed by atoms with van der Waals surface area (Å²) < 4.78 is 27.6. The molecule has 1 aromatic carbocycles. The predicted molar refractivity (Wildman–Crippen MR) is 121 cm³/mol. The molecule has 0 saturated carbocycles. The lowest BCUT2D eigenvalue weighted by Crippen LogP contribution is -2.63. The van der Waals surface area contributed by atoms with Crippen molar-refractivity contribution in [2.75, 3.05) is 19.4 Å². The van der Waals surface area contributed by atoms with Gasteiger partial charge in [-0.1, -0.05) is 29.8 Å². The minimum atomic E-state index is -1.22. The van der Waals surface area contributed by atoms with Crippen molar-refractivity contribution in [3.63, 3.8) is 0 Å². The highest BCUT2D eigenvalue weighted by molar-refractivity contribution is 8.00. The number of benzene rings is 1. The fraction of sp³-hybridized carbons (Fsp3) is 0.545. The Bertz CT molecular complexity index is 945. The number of nitrogens with zero attached hydrogens (tertiary/aromatic N) is 1. The third-order valence-corrected chi connectivity index (χ3v) is 6.83. The molecule has 6 atom stereocenters. The van der Waals surface area contributed by atoms with Gasteiger partial charge in [-0.3, -0.25) is 19.2 Å². The number of ether oxygens (including phenoxy) is 5. The minimum absolute atomic E-state index is 0.0237. The third kappa shape index (κ3) is 6.01. The second kappa shape index (κ2) is 11.4. The van der Waals surface area contributed by atoms with Gasteiger partial charge in [0.25, 0.3) is 0 Å². The molecule has 1 amide bonds. The molecule has 0 radical (unpaired) electrons. The van der Waals surface area contributed by atoms with Crippen LogP contribution >= 0.6 is 23.4 Å². The van der Waals surface area contributed by atoms with E-state index in [0.29, 0.717) is 5.02 Å². The van der Waals surface area contributed by atoms with Gasteiger partial charge in [-0.25, -0.2) is 0 Å². The zero-order valence-corrected chi connectivity index (χ0v) is 20.7. The van der Waals surface area contributed by atoms with Crippen LogP contribution in [0.15, 0.2) is 24.3 Å². The van der Waals surface area contributed by atoms with Crippen LogP contribution in [0.4, 0.5) is 0 Å². The summed E-state index contributed by atoms with van der Waals surface area (Å²) in [4.78, 5) is 49.9. The fourth-order valence-electron chi connectivity index (χ4n) is 3.97. The molecule has 3 rings (SSSR count). The van der Waals surface area contributed by atoms with Gasteiger partial charge >= 0.3 is 17.9 Å². The van der Waals surface area contributed by atoms with Crippen LogP contribution < -0.4 is 0 Å². The first-order chi connectivity index (χ1) is 16.1. The number of thioether (sulfide) groups is 1. The molecular weight excluding hydrogens is 490 g/mol. The van der Waals surface area contributed by atoms with Crippen LogP contribution in [0.2, 0.25) is 5.02 Å². The molecule has 34 heavy (non-hydrogen) atoms. The average molecular weight is 516 g/mol. The molecule has 0 unspecified atom stereocenters. The maximum Gasteiger partial charge on any atom is 0.303 e. The Balaban J connectivity index is 1.96. The van der Waals surface area contributed by atoms with E-state index >= 15 is 0 Å². The first kappa shape index (κ1) is 26.3. The first-order valence-corrected chi connectivity index (χ1v) is 11.9. The van der Waals surface area contributed by atoms with E-state index in [0.717, 1.165) is 5.56 Å². The van der Waals surface area contributed by atoms with E-state index < -0.39 is 54.0 Å². The zero-order valence-electron chi connectivity index (χ0n) is 19.1. The number of hydrogen-bond acceptors (Lipinski definition) is 10. The highest BCUT2D eigenvalue weighted by Gasteiger charge is 2.53. The van der Waals surface area contributed by atoms with Crippen LogP contribution in [0.1, 0.15) is 31.7 Å². The van der Waals surface area contributed by atoms with Crippen LogP contribution in [0.5, 0.6) is 0 Å². The maximum atomic E-state index is 12.8. The van der Waals surface area contributed by atoms with Gasteiger partial charge in [-0.15, -0.1) is 11.8 Å². The number of hydrogen-bond donors (Lipinski definition) is 0. The van der Waals surface area contributed by atoms with Gasteiger partial charge in [-0.05, 0) is 6.07 Å². The van der Waals surface area contributed by atoms with Gasteiger partial charge in [0.2, 0.25) is 5.91 Å². The Labute approximate surface area is 206 Å². The molecular formula is C22H26ClNO9S. The Morgan fingerprint density at radius 3 is 2.21 bits per heavy atom. The molecule has 2 fully saturated rings. The maximum absolute atomic E-state index is 12.8. The molecule has 2 aliphatic heterocycles. The van der Waals surface area contributed by atoms with Crippen LogP contribution in [-0.2, 0) is 42.9 Å². The van der Waals surface area contributed by atoms with Crippen LogP contribution in [-0.4, -0.2) is 78.8 Å². The van der Waals surface area contributed by atoms with E-state index in [9.17, 15) is 19.2 Å². The van der Waals surface area contributed by atoms with Crippen molar-refractivity contribution < 1.29 is 42.9 Å². The zero-order chi connectivity index (χ0) is 25.0. The molecule has 0 spiro atoms. The first-order valence-electron chi connectivity index (χ1n) is 10.5. The molecule has 12 heteroatoms. The number of carbonyl (C=O) groups excluding carboxylic acids is 4. The normalized spacial score (nSPS) is 29.0. The summed E-state index contributed by atoms with van der Waals surface area (Å²) in [7, 11) is 1.33. The van der Waals surface area contributed by atoms with Crippen LogP contribution in [0.3, 0.4) is 0 Å². The van der Waals surface area contributed by atoms with Crippen molar-refractivity contribution in [3.05, 3.63) is 34.9 Å². The summed E-state index contributed by atoms with van der Waals surface area (Å²) >= 11 is 7.77. The van der Waals surface area contributed by atoms with E-state index in [-0.39, 0.29) is 18.2 Å². The van der Waals surface area contributed by atoms with Crippen LogP contribution in [0.25, 0.3) is 0 Å². The summed E-state index contributed by atoms with van der Waals surface area (Å²) in [6.07, 6.45) is -5.71. The average Bonchev–Trinajstić information content (AvgIpc) is 3.11. The topological polar surface area (TPSA) is 118 Å². The lowest BCUT2D eigenvalue weighted by Gasteiger charge is -2.45. The molecule has 2 aliphatic rings. The van der Waals surface area contributed by atoms with Crippen molar-refractivity contribution >= 4 is 47.2 Å². The second-order valence-corrected chi connectivity index (χ2v) is 9.21. The number of carbonyl (C=O) groups is 4. The summed E-state index contributed by atoms with van der Waals surface area (Å²) in [6, 6.07) is 7.18. The van der Waals surface area contributed by atoms with Gasteiger partial charge in [0.15, 0.2) is 24.6 Å². The van der Waals surface area contributed by atoms with Gasteiger partial charge in [0.1, 0.15) is 11.5 Å². The van der Waals surface area contributed by atoms with Gasteiger partial charge < -0.3 is 28.6 Å². The predicted octanol–water partition coefficient (Wildman–Crippen LogP) is 2.08. The highest BCUT2D eigenvalue weighted by Crippen LogP contribution is 2.42. The molecule has 0 aromatic heterocycles. The Kier molecular flexibility index (Phi) is 8.80. The van der Waals surface area contributed by atoms with E-state index in [1.165, 1.54) is 39.6 Å². The smallest absolute Gasteiger partial charge is 0.303 e. The largest absolute Gasteiger partial charge is 0.456 e. The summed E-state index contributed by atoms with van der Waals surface area (Å²) in [6.45, 7) is 3.52. The number of rotatable bonds is 7. The highest BCUT2D eigenvalue weighted by atomic mass is 35.5. The SMILES string of the molecule is CO[C@H]1O[C@H](CN2C(=O)CS[C@H]2c2ccccc2Cl)[C@@H](OC(C)=O)[C@H](OC(C)=O)[C@H]1OC(C)=O. The summed E-state index contributed by atoms with van der Waals surface area (Å²) in [5, 5.41) is 0.102. The van der Waals surface area contributed by atoms with Crippen molar-refractivity contribution in [1.29, 1.82) is 0 Å². The Hall–Kier alpha value is -2.34. The second-order valence-electron chi connectivity index (χ2n) is 7.73. The van der Waals surface area contributed by atoms with E-state index in [1.807, 2.05) is 12.1 Å². The fourth-order valence-corrected chi connectivity index (χ4v) is 5.51. The number of halogens is 1. The molecule has 186 valence electrons. The van der Waals surface area contributed by atoms with Gasteiger partial charge in [-0.2, -0.15) is 0 Å². The van der Waals surface area contributed by atoms with E-state index in [1.54, 1.807) is 17.0 Å². The minimum Gasteiger partial charge on any atom is -0.456 e. The molecule has 2 saturated heterocycles. The lowest BCUT2D eigenvalue weighted by molar-refractivity contribution is -0.299. The van der Waals surface area contributed by atoms with E-state index in [4.69, 9.17) is 35.3 Å².